The monoisotopic (exact) mass is 502 g/mol. The quantitative estimate of drug-likeness (QED) is 0.171. The maximum atomic E-state index is 12.6. The van der Waals surface area contributed by atoms with Crippen LogP contribution in [0.3, 0.4) is 0 Å². The Hall–Kier alpha value is -3.53. The molecule has 0 unspecified atom stereocenters. The summed E-state index contributed by atoms with van der Waals surface area (Å²) in [6, 6.07) is 28.9. The van der Waals surface area contributed by atoms with Crippen LogP contribution in [0.25, 0.3) is 6.08 Å². The second-order valence-electron chi connectivity index (χ2n) is 7.95. The summed E-state index contributed by atoms with van der Waals surface area (Å²) >= 11 is 12.1. The summed E-state index contributed by atoms with van der Waals surface area (Å²) in [5, 5.41) is 0.811. The normalized spacial score (nSPS) is 10.9. The highest BCUT2D eigenvalue weighted by Crippen LogP contribution is 2.27. The topological polar surface area (TPSA) is 35.5 Å². The summed E-state index contributed by atoms with van der Waals surface area (Å²) in [6.07, 6.45) is 4.03. The number of halogens is 2. The van der Waals surface area contributed by atoms with Gasteiger partial charge >= 0.3 is 0 Å². The molecule has 0 spiro atoms. The number of allylic oxidation sites excluding steroid dienone is 1. The fourth-order valence-electron chi connectivity index (χ4n) is 3.73. The number of hydrogen-bond acceptors (Lipinski definition) is 3. The van der Waals surface area contributed by atoms with Crippen LogP contribution >= 0.6 is 23.2 Å². The largest absolute Gasteiger partial charge is 0.496 e. The molecule has 4 aromatic rings. The van der Waals surface area contributed by atoms with Crippen molar-refractivity contribution in [1.29, 1.82) is 0 Å². The van der Waals surface area contributed by atoms with E-state index in [1.807, 2.05) is 54.6 Å². The SMILES string of the molecule is COc1ccc(/C=C/C(=O)c2ccc(Cl)cc2Cl)cc1COc1ccccc1Cc1ccccc1. The van der Waals surface area contributed by atoms with Crippen LogP contribution in [0, 0.1) is 0 Å². The molecule has 35 heavy (non-hydrogen) atoms. The first kappa shape index (κ1) is 24.6. The molecule has 0 bridgehead atoms. The third-order valence-electron chi connectivity index (χ3n) is 5.52. The molecule has 0 heterocycles. The van der Waals surface area contributed by atoms with Gasteiger partial charge in [-0.3, -0.25) is 4.79 Å². The second kappa shape index (κ2) is 11.7. The number of methoxy groups -OCH3 is 1. The Morgan fingerprint density at radius 1 is 0.829 bits per heavy atom. The van der Waals surface area contributed by atoms with E-state index in [2.05, 4.69) is 18.2 Å². The van der Waals surface area contributed by atoms with E-state index in [0.29, 0.717) is 22.2 Å². The van der Waals surface area contributed by atoms with Gasteiger partial charge in [0.1, 0.15) is 18.1 Å². The summed E-state index contributed by atoms with van der Waals surface area (Å²) < 4.78 is 11.7. The smallest absolute Gasteiger partial charge is 0.187 e. The standard InChI is InChI=1S/C30H24Cl2O3/c1-34-29-16-12-22(11-15-28(33)26-14-13-25(31)19-27(26)32)18-24(29)20-35-30-10-6-5-9-23(30)17-21-7-3-2-4-8-21/h2-16,18-19H,17,20H2,1H3/b15-11+. The number of carbonyl (C=O) groups is 1. The third-order valence-corrected chi connectivity index (χ3v) is 6.07. The van der Waals surface area contributed by atoms with Crippen molar-refractivity contribution in [2.45, 2.75) is 13.0 Å². The molecular formula is C30H24Cl2O3. The average Bonchev–Trinajstić information content (AvgIpc) is 2.87. The molecular weight excluding hydrogens is 479 g/mol. The van der Waals surface area contributed by atoms with E-state index in [1.54, 1.807) is 31.4 Å². The molecule has 0 aromatic heterocycles. The van der Waals surface area contributed by atoms with Crippen LogP contribution in [-0.2, 0) is 13.0 Å². The average molecular weight is 503 g/mol. The lowest BCUT2D eigenvalue weighted by molar-refractivity contribution is 0.104. The number of para-hydroxylation sites is 1. The molecule has 0 radical (unpaired) electrons. The minimum Gasteiger partial charge on any atom is -0.496 e. The van der Waals surface area contributed by atoms with Gasteiger partial charge in [-0.1, -0.05) is 83.9 Å². The number of hydrogen-bond donors (Lipinski definition) is 0. The van der Waals surface area contributed by atoms with Crippen molar-refractivity contribution in [1.82, 2.24) is 0 Å². The van der Waals surface area contributed by atoms with Crippen LogP contribution in [0.5, 0.6) is 11.5 Å². The van der Waals surface area contributed by atoms with Gasteiger partial charge in [-0.2, -0.15) is 0 Å². The van der Waals surface area contributed by atoms with Crippen molar-refractivity contribution in [3.8, 4) is 11.5 Å². The van der Waals surface area contributed by atoms with Crippen molar-refractivity contribution in [2.75, 3.05) is 7.11 Å². The van der Waals surface area contributed by atoms with E-state index in [1.165, 1.54) is 11.6 Å². The van der Waals surface area contributed by atoms with Gasteiger partial charge in [0.15, 0.2) is 5.78 Å². The summed E-state index contributed by atoms with van der Waals surface area (Å²) in [4.78, 5) is 12.6. The predicted molar refractivity (Wildman–Crippen MR) is 143 cm³/mol. The lowest BCUT2D eigenvalue weighted by atomic mass is 10.0. The molecule has 0 fully saturated rings. The van der Waals surface area contributed by atoms with Gasteiger partial charge in [0, 0.05) is 22.6 Å². The zero-order chi connectivity index (χ0) is 24.6. The molecule has 3 nitrogen and oxygen atoms in total. The number of benzene rings is 4. The number of ketones is 1. The highest BCUT2D eigenvalue weighted by molar-refractivity contribution is 6.37. The number of carbonyl (C=O) groups excluding carboxylic acids is 1. The van der Waals surface area contributed by atoms with Gasteiger partial charge < -0.3 is 9.47 Å². The van der Waals surface area contributed by atoms with Gasteiger partial charge in [0.25, 0.3) is 0 Å². The first-order chi connectivity index (χ1) is 17.0. The summed E-state index contributed by atoms with van der Waals surface area (Å²) in [5.74, 6) is 1.34. The number of rotatable bonds is 9. The van der Waals surface area contributed by atoms with Crippen molar-refractivity contribution in [3.05, 3.63) is 135 Å². The summed E-state index contributed by atoms with van der Waals surface area (Å²) in [5.41, 5.74) is 4.46. The zero-order valence-corrected chi connectivity index (χ0v) is 20.7. The van der Waals surface area contributed by atoms with E-state index in [4.69, 9.17) is 32.7 Å². The molecule has 0 N–H and O–H groups in total. The minimum atomic E-state index is -0.199. The first-order valence-electron chi connectivity index (χ1n) is 11.1. The Labute approximate surface area is 215 Å². The van der Waals surface area contributed by atoms with Crippen molar-refractivity contribution in [3.63, 3.8) is 0 Å². The van der Waals surface area contributed by atoms with Crippen LogP contribution in [0.1, 0.15) is 32.6 Å². The Kier molecular flexibility index (Phi) is 8.25. The van der Waals surface area contributed by atoms with E-state index < -0.39 is 0 Å². The molecule has 0 aliphatic rings. The number of ether oxygens (including phenoxy) is 2. The van der Waals surface area contributed by atoms with Gasteiger partial charge in [-0.15, -0.1) is 0 Å². The second-order valence-corrected chi connectivity index (χ2v) is 8.80. The molecule has 0 aliphatic heterocycles. The Balaban J connectivity index is 1.50. The van der Waals surface area contributed by atoms with Gasteiger partial charge in [-0.25, -0.2) is 0 Å². The van der Waals surface area contributed by atoms with Crippen LogP contribution in [-0.4, -0.2) is 12.9 Å². The van der Waals surface area contributed by atoms with Crippen LogP contribution in [0.15, 0.2) is 97.1 Å². The van der Waals surface area contributed by atoms with Gasteiger partial charge in [0.2, 0.25) is 0 Å². The molecule has 0 atom stereocenters. The Morgan fingerprint density at radius 3 is 2.37 bits per heavy atom. The maximum Gasteiger partial charge on any atom is 0.187 e. The van der Waals surface area contributed by atoms with E-state index in [0.717, 1.165) is 34.6 Å². The molecule has 0 saturated carbocycles. The van der Waals surface area contributed by atoms with Crippen LogP contribution in [0.4, 0.5) is 0 Å². The lowest BCUT2D eigenvalue weighted by Crippen LogP contribution is -2.02. The minimum absolute atomic E-state index is 0.199. The van der Waals surface area contributed by atoms with E-state index >= 15 is 0 Å². The highest BCUT2D eigenvalue weighted by atomic mass is 35.5. The van der Waals surface area contributed by atoms with Gasteiger partial charge in [-0.05, 0) is 59.2 Å². The van der Waals surface area contributed by atoms with Crippen molar-refractivity contribution >= 4 is 35.1 Å². The van der Waals surface area contributed by atoms with E-state index in [-0.39, 0.29) is 5.78 Å². The molecule has 4 rings (SSSR count). The predicted octanol–water partition coefficient (Wildman–Crippen LogP) is 8.07. The maximum absolute atomic E-state index is 12.6. The molecule has 0 aliphatic carbocycles. The van der Waals surface area contributed by atoms with Crippen LogP contribution < -0.4 is 9.47 Å². The van der Waals surface area contributed by atoms with Crippen molar-refractivity contribution < 1.29 is 14.3 Å². The summed E-state index contributed by atoms with van der Waals surface area (Å²) in [6.45, 7) is 0.327. The summed E-state index contributed by atoms with van der Waals surface area (Å²) in [7, 11) is 1.63. The Bertz CT molecular complexity index is 1350. The highest BCUT2D eigenvalue weighted by Gasteiger charge is 2.10. The van der Waals surface area contributed by atoms with Gasteiger partial charge in [0.05, 0.1) is 12.1 Å². The first-order valence-corrected chi connectivity index (χ1v) is 11.9. The zero-order valence-electron chi connectivity index (χ0n) is 19.2. The fourth-order valence-corrected chi connectivity index (χ4v) is 4.23. The van der Waals surface area contributed by atoms with Crippen molar-refractivity contribution in [2.24, 2.45) is 0 Å². The third kappa shape index (κ3) is 6.54. The molecule has 4 aromatic carbocycles. The molecule has 176 valence electrons. The van der Waals surface area contributed by atoms with E-state index in [9.17, 15) is 4.79 Å². The molecule has 0 saturated heterocycles. The molecule has 0 amide bonds. The van der Waals surface area contributed by atoms with Crippen LogP contribution in [0.2, 0.25) is 10.0 Å². The molecule has 5 heteroatoms. The fraction of sp³-hybridized carbons (Fsp3) is 0.100. The lowest BCUT2D eigenvalue weighted by Gasteiger charge is -2.14. The Morgan fingerprint density at radius 2 is 1.60 bits per heavy atom.